The first kappa shape index (κ1) is 29.0. The molecule has 0 unspecified atom stereocenters. The van der Waals surface area contributed by atoms with Crippen molar-refractivity contribution in [3.8, 4) is 5.75 Å². The number of alkyl halides is 3. The number of aryl methyl sites for hydroxylation is 1. The summed E-state index contributed by atoms with van der Waals surface area (Å²) in [6, 6.07) is 27.6. The van der Waals surface area contributed by atoms with E-state index in [0.29, 0.717) is 61.0 Å². The van der Waals surface area contributed by atoms with Gasteiger partial charge in [-0.3, -0.25) is 14.5 Å². The van der Waals surface area contributed by atoms with Gasteiger partial charge in [0.05, 0.1) is 17.8 Å². The Morgan fingerprint density at radius 2 is 1.59 bits per heavy atom. The van der Waals surface area contributed by atoms with Crippen LogP contribution < -0.4 is 14.5 Å². The molecule has 0 radical (unpaired) electrons. The van der Waals surface area contributed by atoms with Crippen molar-refractivity contribution in [2.24, 2.45) is 0 Å². The lowest BCUT2D eigenvalue weighted by atomic mass is 10.1. The Bertz CT molecular complexity index is 1730. The lowest BCUT2D eigenvalue weighted by Crippen LogP contribution is -2.48. The zero-order valence-electron chi connectivity index (χ0n) is 24.1. The third-order valence-electron chi connectivity index (χ3n) is 7.82. The molecule has 0 aliphatic carbocycles. The minimum atomic E-state index is -4.41. The number of piperazine rings is 1. The number of rotatable bonds is 5. The first-order valence-electron chi connectivity index (χ1n) is 14.3. The fraction of sp³-hybridized carbons (Fsp3) is 0.200. The van der Waals surface area contributed by atoms with Gasteiger partial charge in [0.15, 0.2) is 11.5 Å². The molecule has 2 aliphatic heterocycles. The van der Waals surface area contributed by atoms with E-state index in [9.17, 15) is 22.8 Å². The van der Waals surface area contributed by atoms with Crippen LogP contribution in [0.1, 0.15) is 32.6 Å². The average Bonchev–Trinajstić information content (AvgIpc) is 3.03. The van der Waals surface area contributed by atoms with Crippen LogP contribution in [0, 0.1) is 6.92 Å². The molecule has 1 fully saturated rings. The molecule has 4 aromatic rings. The topological polar surface area (TPSA) is 53.1 Å². The van der Waals surface area contributed by atoms with Crippen molar-refractivity contribution in [1.29, 1.82) is 0 Å². The molecule has 6 rings (SSSR count). The lowest BCUT2D eigenvalue weighted by molar-refractivity contribution is -0.137. The van der Waals surface area contributed by atoms with Crippen molar-refractivity contribution in [3.05, 3.63) is 131 Å². The maximum Gasteiger partial charge on any atom is 0.416 e. The number of anilines is 2. The molecule has 6 nitrogen and oxygen atoms in total. The molecule has 1 saturated heterocycles. The number of halogens is 3. The lowest BCUT2D eigenvalue weighted by Gasteiger charge is -2.36. The number of fused-ring (bicyclic) bond motifs is 1. The molecule has 0 N–H and O–H groups in total. The molecule has 2 aliphatic rings. The van der Waals surface area contributed by atoms with Crippen molar-refractivity contribution >= 4 is 29.3 Å². The summed E-state index contributed by atoms with van der Waals surface area (Å²) in [5.74, 6) is 0.350. The Balaban J connectivity index is 1.14. The van der Waals surface area contributed by atoms with E-state index >= 15 is 0 Å². The zero-order chi connectivity index (χ0) is 30.8. The number of hydrogen-bond acceptors (Lipinski definition) is 4. The monoisotopic (exact) mass is 597 g/mol. The van der Waals surface area contributed by atoms with Gasteiger partial charge >= 0.3 is 6.18 Å². The van der Waals surface area contributed by atoms with Gasteiger partial charge < -0.3 is 14.5 Å². The second-order valence-electron chi connectivity index (χ2n) is 10.9. The average molecular weight is 598 g/mol. The largest absolute Gasteiger partial charge is 0.449 e. The van der Waals surface area contributed by atoms with E-state index in [0.717, 1.165) is 23.3 Å². The van der Waals surface area contributed by atoms with Crippen LogP contribution in [0.2, 0.25) is 0 Å². The summed E-state index contributed by atoms with van der Waals surface area (Å²) in [6.45, 7) is 4.04. The third kappa shape index (κ3) is 6.17. The first-order chi connectivity index (χ1) is 21.2. The summed E-state index contributed by atoms with van der Waals surface area (Å²) in [5, 5.41) is 0. The maximum absolute atomic E-state index is 13.6. The number of amides is 2. The molecule has 0 atom stereocenters. The van der Waals surface area contributed by atoms with Crippen LogP contribution in [-0.4, -0.2) is 42.9 Å². The first-order valence-corrected chi connectivity index (χ1v) is 14.3. The van der Waals surface area contributed by atoms with E-state index in [1.807, 2.05) is 54.3 Å². The van der Waals surface area contributed by atoms with Crippen LogP contribution in [0.5, 0.6) is 5.75 Å². The van der Waals surface area contributed by atoms with E-state index < -0.39 is 11.7 Å². The number of para-hydroxylation sites is 2. The fourth-order valence-corrected chi connectivity index (χ4v) is 5.51. The normalized spacial score (nSPS) is 16.1. The van der Waals surface area contributed by atoms with Gasteiger partial charge in [-0.25, -0.2) is 0 Å². The number of hydrogen-bond donors (Lipinski definition) is 0. The van der Waals surface area contributed by atoms with E-state index in [2.05, 4.69) is 6.07 Å². The second-order valence-corrected chi connectivity index (χ2v) is 10.9. The molecule has 0 aromatic heterocycles. The van der Waals surface area contributed by atoms with Crippen molar-refractivity contribution in [2.45, 2.75) is 19.6 Å². The van der Waals surface area contributed by atoms with Gasteiger partial charge in [0.2, 0.25) is 0 Å². The quantitative estimate of drug-likeness (QED) is 0.234. The molecule has 0 saturated carbocycles. The number of ether oxygens (including phenoxy) is 1. The van der Waals surface area contributed by atoms with Crippen molar-refractivity contribution in [2.75, 3.05) is 36.0 Å². The molecule has 4 aromatic carbocycles. The summed E-state index contributed by atoms with van der Waals surface area (Å²) in [4.78, 5) is 32.1. The molecular formula is C35H30F3N3O3. The van der Waals surface area contributed by atoms with Crippen molar-refractivity contribution in [1.82, 2.24) is 4.90 Å². The Labute approximate surface area is 253 Å². The van der Waals surface area contributed by atoms with Gasteiger partial charge in [-0.15, -0.1) is 0 Å². The molecule has 0 spiro atoms. The molecule has 224 valence electrons. The van der Waals surface area contributed by atoms with Crippen LogP contribution in [0.4, 0.5) is 24.5 Å². The standard InChI is InChI=1S/C35H30F3N3O3/c1-24-6-4-7-26(20-24)23-41-30-10-2-3-11-31(30)44-32(34(41)43)21-25-12-14-27(15-13-25)33(42)40-18-16-39(17-19-40)29-9-5-8-28(22-29)35(36,37)38/h2-15,20-22H,16-19,23H2,1H3/b32-21+. The van der Waals surface area contributed by atoms with Crippen molar-refractivity contribution < 1.29 is 27.5 Å². The molecule has 9 heteroatoms. The molecule has 2 amide bonds. The summed E-state index contributed by atoms with van der Waals surface area (Å²) < 4.78 is 45.4. The third-order valence-corrected chi connectivity index (χ3v) is 7.82. The Hall–Kier alpha value is -5.05. The summed E-state index contributed by atoms with van der Waals surface area (Å²) in [5.41, 5.74) is 3.81. The summed E-state index contributed by atoms with van der Waals surface area (Å²) in [7, 11) is 0. The minimum absolute atomic E-state index is 0.156. The summed E-state index contributed by atoms with van der Waals surface area (Å²) >= 11 is 0. The highest BCUT2D eigenvalue weighted by molar-refractivity contribution is 6.09. The predicted molar refractivity (Wildman–Crippen MR) is 163 cm³/mol. The molecule has 2 heterocycles. The zero-order valence-corrected chi connectivity index (χ0v) is 24.1. The number of carbonyl (C=O) groups is 2. The minimum Gasteiger partial charge on any atom is -0.449 e. The van der Waals surface area contributed by atoms with Gasteiger partial charge in [0.1, 0.15) is 0 Å². The van der Waals surface area contributed by atoms with Gasteiger partial charge in [0, 0.05) is 37.4 Å². The smallest absolute Gasteiger partial charge is 0.416 e. The Morgan fingerprint density at radius 3 is 2.32 bits per heavy atom. The highest BCUT2D eigenvalue weighted by Gasteiger charge is 2.32. The molecule has 44 heavy (non-hydrogen) atoms. The fourth-order valence-electron chi connectivity index (χ4n) is 5.51. The van der Waals surface area contributed by atoms with E-state index in [1.165, 1.54) is 6.07 Å². The van der Waals surface area contributed by atoms with Gasteiger partial charge in [-0.1, -0.05) is 60.2 Å². The highest BCUT2D eigenvalue weighted by Crippen LogP contribution is 2.37. The van der Waals surface area contributed by atoms with Crippen LogP contribution in [0.25, 0.3) is 6.08 Å². The van der Waals surface area contributed by atoms with Gasteiger partial charge in [0.25, 0.3) is 11.8 Å². The van der Waals surface area contributed by atoms with Gasteiger partial charge in [-0.2, -0.15) is 13.2 Å². The van der Waals surface area contributed by atoms with Crippen LogP contribution in [0.15, 0.2) is 103 Å². The predicted octanol–water partition coefficient (Wildman–Crippen LogP) is 6.94. The molecular weight excluding hydrogens is 567 g/mol. The second kappa shape index (κ2) is 11.9. The van der Waals surface area contributed by atoms with E-state index in [4.69, 9.17) is 4.74 Å². The van der Waals surface area contributed by atoms with Crippen LogP contribution >= 0.6 is 0 Å². The van der Waals surface area contributed by atoms with Crippen LogP contribution in [-0.2, 0) is 17.5 Å². The van der Waals surface area contributed by atoms with Crippen LogP contribution in [0.3, 0.4) is 0 Å². The summed E-state index contributed by atoms with van der Waals surface area (Å²) in [6.07, 6.45) is -2.73. The van der Waals surface area contributed by atoms with E-state index in [-0.39, 0.29) is 17.6 Å². The Kier molecular flexibility index (Phi) is 7.86. The Morgan fingerprint density at radius 1 is 0.864 bits per heavy atom. The SMILES string of the molecule is Cc1cccc(CN2C(=O)/C(=C\c3ccc(C(=O)N4CCN(c5cccc(C(F)(F)F)c5)CC4)cc3)Oc3ccccc32)c1. The number of nitrogens with zero attached hydrogens (tertiary/aromatic N) is 3. The number of carbonyl (C=O) groups excluding carboxylic acids is 2. The highest BCUT2D eigenvalue weighted by atomic mass is 19.4. The maximum atomic E-state index is 13.6. The number of benzene rings is 4. The molecule has 0 bridgehead atoms. The van der Waals surface area contributed by atoms with E-state index in [1.54, 1.807) is 46.2 Å². The van der Waals surface area contributed by atoms with Gasteiger partial charge in [-0.05, 0) is 66.6 Å². The van der Waals surface area contributed by atoms with Crippen molar-refractivity contribution in [3.63, 3.8) is 0 Å².